The Bertz CT molecular complexity index is 361. The van der Waals surface area contributed by atoms with Crippen LogP contribution in [0, 0.1) is 9.49 Å². The summed E-state index contributed by atoms with van der Waals surface area (Å²) in [5.74, 6) is 0.958. The standard InChI is InChI=1S/C10H12BrIN2/c1-6(2)10(13)14-7-3-4-8(11)9(12)5-7/h3-6H,1-2H3,(H2,13,14). The van der Waals surface area contributed by atoms with Crippen molar-refractivity contribution < 1.29 is 0 Å². The minimum Gasteiger partial charge on any atom is -0.387 e. The first-order valence-electron chi connectivity index (χ1n) is 4.30. The van der Waals surface area contributed by atoms with Crippen LogP contribution in [0.5, 0.6) is 0 Å². The largest absolute Gasteiger partial charge is 0.387 e. The van der Waals surface area contributed by atoms with E-state index in [0.29, 0.717) is 5.84 Å². The van der Waals surface area contributed by atoms with Crippen molar-refractivity contribution in [1.82, 2.24) is 0 Å². The van der Waals surface area contributed by atoms with Crippen molar-refractivity contribution in [3.63, 3.8) is 0 Å². The van der Waals surface area contributed by atoms with E-state index < -0.39 is 0 Å². The number of hydrogen-bond donors (Lipinski definition) is 1. The Hall–Kier alpha value is -0.100. The maximum Gasteiger partial charge on any atom is 0.102 e. The molecule has 0 unspecified atom stereocenters. The van der Waals surface area contributed by atoms with Crippen molar-refractivity contribution in [2.45, 2.75) is 13.8 Å². The summed E-state index contributed by atoms with van der Waals surface area (Å²) in [4.78, 5) is 4.33. The van der Waals surface area contributed by atoms with E-state index in [2.05, 4.69) is 43.5 Å². The van der Waals surface area contributed by atoms with E-state index in [0.717, 1.165) is 13.7 Å². The fourth-order valence-corrected chi connectivity index (χ4v) is 1.58. The van der Waals surface area contributed by atoms with Crippen LogP contribution in [0.15, 0.2) is 27.7 Å². The number of halogens is 2. The maximum atomic E-state index is 5.77. The van der Waals surface area contributed by atoms with E-state index in [1.54, 1.807) is 0 Å². The minimum atomic E-state index is 0.288. The van der Waals surface area contributed by atoms with Gasteiger partial charge in [0.2, 0.25) is 0 Å². The molecule has 1 aromatic rings. The summed E-state index contributed by atoms with van der Waals surface area (Å²) in [6.07, 6.45) is 0. The number of aliphatic imine (C=N–C) groups is 1. The van der Waals surface area contributed by atoms with Gasteiger partial charge >= 0.3 is 0 Å². The van der Waals surface area contributed by atoms with Crippen LogP contribution in [0.2, 0.25) is 0 Å². The summed E-state index contributed by atoms with van der Waals surface area (Å²) in [5, 5.41) is 0. The Labute approximate surface area is 106 Å². The first-order chi connectivity index (χ1) is 6.50. The first kappa shape index (κ1) is 12.0. The van der Waals surface area contributed by atoms with Gasteiger partial charge in [-0.3, -0.25) is 0 Å². The topological polar surface area (TPSA) is 38.4 Å². The fourth-order valence-electron chi connectivity index (χ4n) is 0.833. The average molecular weight is 367 g/mol. The van der Waals surface area contributed by atoms with Crippen molar-refractivity contribution in [3.8, 4) is 0 Å². The third kappa shape index (κ3) is 3.24. The molecule has 0 saturated heterocycles. The fraction of sp³-hybridized carbons (Fsp3) is 0.300. The molecule has 0 spiro atoms. The van der Waals surface area contributed by atoms with E-state index in [1.165, 1.54) is 0 Å². The van der Waals surface area contributed by atoms with Crippen LogP contribution in [0.4, 0.5) is 5.69 Å². The lowest BCUT2D eigenvalue weighted by atomic mass is 10.2. The second kappa shape index (κ2) is 5.11. The normalized spacial score (nSPS) is 12.2. The molecule has 0 radical (unpaired) electrons. The van der Waals surface area contributed by atoms with Crippen LogP contribution in [-0.2, 0) is 0 Å². The summed E-state index contributed by atoms with van der Waals surface area (Å²) in [7, 11) is 0. The zero-order chi connectivity index (χ0) is 10.7. The Kier molecular flexibility index (Phi) is 4.37. The molecule has 76 valence electrons. The molecule has 0 bridgehead atoms. The number of rotatable bonds is 2. The van der Waals surface area contributed by atoms with Crippen LogP contribution in [0.25, 0.3) is 0 Å². The second-order valence-electron chi connectivity index (χ2n) is 3.29. The highest BCUT2D eigenvalue weighted by Gasteiger charge is 2.01. The zero-order valence-corrected chi connectivity index (χ0v) is 11.8. The van der Waals surface area contributed by atoms with Crippen molar-refractivity contribution >= 4 is 50.0 Å². The number of amidine groups is 1. The molecule has 2 nitrogen and oxygen atoms in total. The lowest BCUT2D eigenvalue weighted by Crippen LogP contribution is -2.17. The van der Waals surface area contributed by atoms with Gasteiger partial charge in [0.25, 0.3) is 0 Å². The van der Waals surface area contributed by atoms with Crippen LogP contribution in [0.3, 0.4) is 0 Å². The van der Waals surface area contributed by atoms with Crippen molar-refractivity contribution in [2.75, 3.05) is 0 Å². The monoisotopic (exact) mass is 366 g/mol. The third-order valence-electron chi connectivity index (χ3n) is 1.75. The molecule has 4 heteroatoms. The Morgan fingerprint density at radius 2 is 2.14 bits per heavy atom. The van der Waals surface area contributed by atoms with Gasteiger partial charge in [-0.05, 0) is 56.7 Å². The Morgan fingerprint density at radius 1 is 1.50 bits per heavy atom. The molecule has 0 heterocycles. The summed E-state index contributed by atoms with van der Waals surface area (Å²) in [5.41, 5.74) is 6.68. The SMILES string of the molecule is CC(C)C(N)=Nc1ccc(Br)c(I)c1. The van der Waals surface area contributed by atoms with Crippen LogP contribution < -0.4 is 5.73 Å². The molecule has 1 aromatic carbocycles. The lowest BCUT2D eigenvalue weighted by Gasteiger charge is -2.04. The summed E-state index contributed by atoms with van der Waals surface area (Å²) in [6.45, 7) is 4.06. The van der Waals surface area contributed by atoms with Gasteiger partial charge < -0.3 is 5.73 Å². The molecule has 0 fully saturated rings. The minimum absolute atomic E-state index is 0.288. The molecule has 0 saturated carbocycles. The third-order valence-corrected chi connectivity index (χ3v) is 4.08. The smallest absolute Gasteiger partial charge is 0.102 e. The predicted octanol–water partition coefficient (Wildman–Crippen LogP) is 3.70. The maximum absolute atomic E-state index is 5.77. The van der Waals surface area contributed by atoms with Crippen molar-refractivity contribution in [1.29, 1.82) is 0 Å². The van der Waals surface area contributed by atoms with Gasteiger partial charge in [-0.15, -0.1) is 0 Å². The van der Waals surface area contributed by atoms with Gasteiger partial charge in [-0.1, -0.05) is 13.8 Å². The molecule has 0 aliphatic rings. The van der Waals surface area contributed by atoms with E-state index in [1.807, 2.05) is 32.0 Å². The van der Waals surface area contributed by atoms with Crippen LogP contribution in [0.1, 0.15) is 13.8 Å². The van der Waals surface area contributed by atoms with E-state index >= 15 is 0 Å². The van der Waals surface area contributed by atoms with Gasteiger partial charge in [-0.2, -0.15) is 0 Å². The van der Waals surface area contributed by atoms with Crippen molar-refractivity contribution in [3.05, 3.63) is 26.2 Å². The van der Waals surface area contributed by atoms with Gasteiger partial charge in [0.05, 0.1) is 5.69 Å². The highest BCUT2D eigenvalue weighted by Crippen LogP contribution is 2.24. The highest BCUT2D eigenvalue weighted by atomic mass is 127. The summed E-state index contributed by atoms with van der Waals surface area (Å²) >= 11 is 5.69. The first-order valence-corrected chi connectivity index (χ1v) is 6.17. The molecular weight excluding hydrogens is 355 g/mol. The molecule has 0 amide bonds. The van der Waals surface area contributed by atoms with E-state index in [4.69, 9.17) is 5.73 Å². The zero-order valence-electron chi connectivity index (χ0n) is 8.09. The summed E-state index contributed by atoms with van der Waals surface area (Å²) in [6, 6.07) is 5.93. The number of hydrogen-bond acceptors (Lipinski definition) is 1. The number of nitrogens with zero attached hydrogens (tertiary/aromatic N) is 1. The van der Waals surface area contributed by atoms with Crippen LogP contribution >= 0.6 is 38.5 Å². The Morgan fingerprint density at radius 3 is 2.64 bits per heavy atom. The van der Waals surface area contributed by atoms with Crippen molar-refractivity contribution in [2.24, 2.45) is 16.6 Å². The van der Waals surface area contributed by atoms with E-state index in [9.17, 15) is 0 Å². The quantitative estimate of drug-likeness (QED) is 0.483. The van der Waals surface area contributed by atoms with Gasteiger partial charge in [-0.25, -0.2) is 4.99 Å². The number of benzene rings is 1. The molecule has 0 aliphatic carbocycles. The molecular formula is C10H12BrIN2. The predicted molar refractivity (Wildman–Crippen MR) is 73.0 cm³/mol. The highest BCUT2D eigenvalue weighted by molar-refractivity contribution is 14.1. The molecule has 0 atom stereocenters. The molecule has 14 heavy (non-hydrogen) atoms. The molecule has 2 N–H and O–H groups in total. The van der Waals surface area contributed by atoms with Gasteiger partial charge in [0.1, 0.15) is 5.84 Å². The van der Waals surface area contributed by atoms with Crippen LogP contribution in [-0.4, -0.2) is 5.84 Å². The van der Waals surface area contributed by atoms with Gasteiger partial charge in [0.15, 0.2) is 0 Å². The number of nitrogens with two attached hydrogens (primary N) is 1. The summed E-state index contributed by atoms with van der Waals surface area (Å²) < 4.78 is 2.22. The molecule has 0 aromatic heterocycles. The molecule has 1 rings (SSSR count). The second-order valence-corrected chi connectivity index (χ2v) is 5.31. The average Bonchev–Trinajstić information content (AvgIpc) is 2.11. The Balaban J connectivity index is 2.98. The van der Waals surface area contributed by atoms with E-state index in [-0.39, 0.29) is 5.92 Å². The molecule has 0 aliphatic heterocycles. The lowest BCUT2D eigenvalue weighted by molar-refractivity contribution is 0.873. The van der Waals surface area contributed by atoms with Gasteiger partial charge in [0, 0.05) is 14.0 Å².